The molecule has 0 saturated carbocycles. The Balaban J connectivity index is 1.27. The summed E-state index contributed by atoms with van der Waals surface area (Å²) < 4.78 is 30.5. The van der Waals surface area contributed by atoms with Crippen molar-refractivity contribution in [3.05, 3.63) is 53.5 Å². The summed E-state index contributed by atoms with van der Waals surface area (Å²) in [7, 11) is 1.61. The van der Waals surface area contributed by atoms with Gasteiger partial charge in [-0.05, 0) is 69.1 Å². The van der Waals surface area contributed by atoms with Gasteiger partial charge in [0.05, 0.1) is 13.2 Å². The third-order valence-corrected chi connectivity index (χ3v) is 6.15. The van der Waals surface area contributed by atoms with E-state index in [-0.39, 0.29) is 11.9 Å². The van der Waals surface area contributed by atoms with Crippen LogP contribution in [0.1, 0.15) is 43.4 Å². The van der Waals surface area contributed by atoms with E-state index in [1.807, 2.05) is 18.2 Å². The molecule has 1 atom stereocenters. The molecule has 1 saturated heterocycles. The van der Waals surface area contributed by atoms with Gasteiger partial charge in [-0.25, -0.2) is 4.39 Å². The van der Waals surface area contributed by atoms with Gasteiger partial charge in [0.1, 0.15) is 23.4 Å². The normalized spacial score (nSPS) is 16.2. The van der Waals surface area contributed by atoms with Gasteiger partial charge in [-0.15, -0.1) is 0 Å². The summed E-state index contributed by atoms with van der Waals surface area (Å²) in [6, 6.07) is 10.3. The molecule has 1 unspecified atom stereocenters. The maximum absolute atomic E-state index is 13.4. The van der Waals surface area contributed by atoms with Gasteiger partial charge in [0, 0.05) is 30.3 Å². The SMILES string of the molecule is COc1cc(CC=O)ccc1OC(C)CCN1CCC(c2onc3cc(F)ccc23)CC1. The molecule has 0 N–H and O–H groups in total. The number of nitrogens with zero attached hydrogens (tertiary/aromatic N) is 2. The fourth-order valence-corrected chi connectivity index (χ4v) is 4.32. The minimum absolute atomic E-state index is 0.0339. The molecule has 1 fully saturated rings. The summed E-state index contributed by atoms with van der Waals surface area (Å²) in [6.07, 6.45) is 4.15. The van der Waals surface area contributed by atoms with Crippen molar-refractivity contribution in [2.45, 2.75) is 44.6 Å². The van der Waals surface area contributed by atoms with Gasteiger partial charge < -0.3 is 23.7 Å². The summed E-state index contributed by atoms with van der Waals surface area (Å²) in [5, 5.41) is 4.95. The van der Waals surface area contributed by atoms with Crippen LogP contribution >= 0.6 is 0 Å². The number of rotatable bonds is 9. The number of carbonyl (C=O) groups excluding carboxylic acids is 1. The molecular weight excluding hydrogens is 411 g/mol. The molecule has 0 aliphatic carbocycles. The van der Waals surface area contributed by atoms with E-state index in [9.17, 15) is 9.18 Å². The number of methoxy groups -OCH3 is 1. The molecule has 3 aromatic rings. The largest absolute Gasteiger partial charge is 0.493 e. The maximum Gasteiger partial charge on any atom is 0.161 e. The Morgan fingerprint density at radius 3 is 2.78 bits per heavy atom. The molecule has 0 bridgehead atoms. The van der Waals surface area contributed by atoms with E-state index in [1.165, 1.54) is 12.1 Å². The van der Waals surface area contributed by atoms with Gasteiger partial charge >= 0.3 is 0 Å². The highest BCUT2D eigenvalue weighted by molar-refractivity contribution is 5.80. The van der Waals surface area contributed by atoms with Crippen LogP contribution in [0.4, 0.5) is 4.39 Å². The molecule has 7 heteroatoms. The van der Waals surface area contributed by atoms with Crippen molar-refractivity contribution in [1.29, 1.82) is 0 Å². The van der Waals surface area contributed by atoms with Gasteiger partial charge in [-0.2, -0.15) is 0 Å². The summed E-state index contributed by atoms with van der Waals surface area (Å²) >= 11 is 0. The first-order valence-corrected chi connectivity index (χ1v) is 11.1. The number of piperidine rings is 1. The Morgan fingerprint density at radius 2 is 2.03 bits per heavy atom. The third-order valence-electron chi connectivity index (χ3n) is 6.15. The van der Waals surface area contributed by atoms with E-state index < -0.39 is 0 Å². The number of halogens is 1. The number of fused-ring (bicyclic) bond motifs is 1. The second-order valence-electron chi connectivity index (χ2n) is 8.40. The smallest absolute Gasteiger partial charge is 0.161 e. The number of aromatic nitrogens is 1. The third kappa shape index (κ3) is 5.10. The first kappa shape index (κ1) is 22.3. The number of hydrogen-bond acceptors (Lipinski definition) is 6. The highest BCUT2D eigenvalue weighted by Gasteiger charge is 2.26. The Kier molecular flexibility index (Phi) is 7.05. The van der Waals surface area contributed by atoms with Crippen LogP contribution in [0.2, 0.25) is 0 Å². The number of aldehydes is 1. The molecule has 4 rings (SSSR count). The fourth-order valence-electron chi connectivity index (χ4n) is 4.32. The lowest BCUT2D eigenvalue weighted by Crippen LogP contribution is -2.35. The lowest BCUT2D eigenvalue weighted by Gasteiger charge is -2.31. The zero-order valence-corrected chi connectivity index (χ0v) is 18.6. The topological polar surface area (TPSA) is 64.8 Å². The van der Waals surface area contributed by atoms with Crippen molar-refractivity contribution >= 4 is 17.2 Å². The van der Waals surface area contributed by atoms with E-state index in [0.29, 0.717) is 29.4 Å². The van der Waals surface area contributed by atoms with Gasteiger partial charge in [0.15, 0.2) is 11.5 Å². The zero-order chi connectivity index (χ0) is 22.5. The molecule has 2 heterocycles. The van der Waals surface area contributed by atoms with Crippen LogP contribution in [-0.2, 0) is 11.2 Å². The predicted molar refractivity (Wildman–Crippen MR) is 120 cm³/mol. The van der Waals surface area contributed by atoms with Crippen molar-refractivity contribution in [1.82, 2.24) is 10.1 Å². The standard InChI is InChI=1S/C25H29FN2O4/c1-17(31-23-6-3-18(10-14-29)15-24(23)30-2)7-11-28-12-8-19(9-13-28)25-21-5-4-20(26)16-22(21)27-32-25/h3-6,14-17,19H,7-13H2,1-2H3. The average Bonchev–Trinajstić information content (AvgIpc) is 3.22. The number of ether oxygens (including phenoxy) is 2. The van der Waals surface area contributed by atoms with Crippen LogP contribution in [0.15, 0.2) is 40.9 Å². The Labute approximate surface area is 187 Å². The maximum atomic E-state index is 13.4. The highest BCUT2D eigenvalue weighted by Crippen LogP contribution is 2.34. The lowest BCUT2D eigenvalue weighted by atomic mass is 9.92. The molecule has 6 nitrogen and oxygen atoms in total. The molecule has 1 aliphatic rings. The van der Waals surface area contributed by atoms with Crippen molar-refractivity contribution in [2.24, 2.45) is 0 Å². The minimum atomic E-state index is -0.293. The van der Waals surface area contributed by atoms with Crippen LogP contribution in [0.5, 0.6) is 11.5 Å². The molecular formula is C25H29FN2O4. The van der Waals surface area contributed by atoms with Crippen LogP contribution in [0, 0.1) is 5.82 Å². The summed E-state index contributed by atoms with van der Waals surface area (Å²) in [6.45, 7) is 4.96. The molecule has 32 heavy (non-hydrogen) atoms. The van der Waals surface area contributed by atoms with Crippen molar-refractivity contribution < 1.29 is 23.2 Å². The van der Waals surface area contributed by atoms with E-state index >= 15 is 0 Å². The number of carbonyl (C=O) groups is 1. The molecule has 0 amide bonds. The van der Waals surface area contributed by atoms with E-state index in [4.69, 9.17) is 14.0 Å². The van der Waals surface area contributed by atoms with Gasteiger partial charge in [0.25, 0.3) is 0 Å². The highest BCUT2D eigenvalue weighted by atomic mass is 19.1. The molecule has 1 aromatic heterocycles. The lowest BCUT2D eigenvalue weighted by molar-refractivity contribution is -0.107. The van der Waals surface area contributed by atoms with Crippen LogP contribution in [0.3, 0.4) is 0 Å². The van der Waals surface area contributed by atoms with Crippen LogP contribution in [0.25, 0.3) is 10.9 Å². The first-order valence-electron chi connectivity index (χ1n) is 11.1. The second kappa shape index (κ2) is 10.1. The minimum Gasteiger partial charge on any atom is -0.493 e. The van der Waals surface area contributed by atoms with Gasteiger partial charge in [-0.1, -0.05) is 11.2 Å². The van der Waals surface area contributed by atoms with Crippen LogP contribution < -0.4 is 9.47 Å². The predicted octanol–water partition coefficient (Wildman–Crippen LogP) is 4.75. The van der Waals surface area contributed by atoms with Crippen molar-refractivity contribution in [3.8, 4) is 11.5 Å². The average molecular weight is 441 g/mol. The van der Waals surface area contributed by atoms with Gasteiger partial charge in [0.2, 0.25) is 0 Å². The van der Waals surface area contributed by atoms with Crippen molar-refractivity contribution in [3.63, 3.8) is 0 Å². The quantitative estimate of drug-likeness (QED) is 0.447. The molecule has 1 aliphatic heterocycles. The Bertz CT molecular complexity index is 1060. The van der Waals surface area contributed by atoms with E-state index in [1.54, 1.807) is 13.2 Å². The summed E-state index contributed by atoms with van der Waals surface area (Å²) in [5.41, 5.74) is 1.49. The van der Waals surface area contributed by atoms with E-state index in [2.05, 4.69) is 17.0 Å². The van der Waals surface area contributed by atoms with E-state index in [0.717, 1.165) is 61.9 Å². The first-order chi connectivity index (χ1) is 15.6. The number of benzene rings is 2. The molecule has 0 spiro atoms. The summed E-state index contributed by atoms with van der Waals surface area (Å²) in [5.74, 6) is 2.24. The van der Waals surface area contributed by atoms with Crippen LogP contribution in [-0.4, -0.2) is 49.2 Å². The molecule has 0 radical (unpaired) electrons. The molecule has 2 aromatic carbocycles. The Hall–Kier alpha value is -2.93. The number of likely N-dealkylation sites (tertiary alicyclic amines) is 1. The number of hydrogen-bond donors (Lipinski definition) is 0. The molecule has 170 valence electrons. The zero-order valence-electron chi connectivity index (χ0n) is 18.6. The van der Waals surface area contributed by atoms with Crippen molar-refractivity contribution in [2.75, 3.05) is 26.7 Å². The summed E-state index contributed by atoms with van der Waals surface area (Å²) in [4.78, 5) is 13.2. The Morgan fingerprint density at radius 1 is 1.22 bits per heavy atom. The fraction of sp³-hybridized carbons (Fsp3) is 0.440. The monoisotopic (exact) mass is 440 g/mol. The van der Waals surface area contributed by atoms with Gasteiger partial charge in [-0.3, -0.25) is 0 Å². The second-order valence-corrected chi connectivity index (χ2v) is 8.40.